The molecular weight excluding hydrogens is 298 g/mol. The molecule has 0 aliphatic heterocycles. The number of hydrogen-bond donors (Lipinski definition) is 1. The summed E-state index contributed by atoms with van der Waals surface area (Å²) in [5, 5.41) is 12.2. The van der Waals surface area contributed by atoms with Gasteiger partial charge in [0.25, 0.3) is 0 Å². The highest BCUT2D eigenvalue weighted by Gasteiger charge is 2.15. The maximum atomic E-state index is 4.83. The van der Waals surface area contributed by atoms with Gasteiger partial charge in [-0.1, -0.05) is 55.8 Å². The monoisotopic (exact) mass is 317 g/mol. The second kappa shape index (κ2) is 6.28. The Hall–Kier alpha value is -2.95. The lowest BCUT2D eigenvalue weighted by Gasteiger charge is -2.09. The van der Waals surface area contributed by atoms with Crippen molar-refractivity contribution in [3.63, 3.8) is 0 Å². The summed E-state index contributed by atoms with van der Waals surface area (Å²) >= 11 is 0. The van der Waals surface area contributed by atoms with Gasteiger partial charge in [-0.15, -0.1) is 10.2 Å². The molecule has 4 aromatic rings. The van der Waals surface area contributed by atoms with Crippen LogP contribution in [0.3, 0.4) is 0 Å². The van der Waals surface area contributed by atoms with Crippen LogP contribution in [0.4, 0.5) is 5.95 Å². The van der Waals surface area contributed by atoms with Crippen LogP contribution in [0, 0.1) is 0 Å². The molecule has 0 amide bonds. The smallest absolute Gasteiger partial charge is 0.229 e. The summed E-state index contributed by atoms with van der Waals surface area (Å²) in [5.41, 5.74) is 4.61. The highest BCUT2D eigenvalue weighted by Crippen LogP contribution is 2.27. The van der Waals surface area contributed by atoms with E-state index in [-0.39, 0.29) is 0 Å². The molecule has 0 saturated carbocycles. The minimum atomic E-state index is 0.772. The first-order chi connectivity index (χ1) is 11.9. The van der Waals surface area contributed by atoms with Crippen LogP contribution < -0.4 is 5.32 Å². The predicted molar refractivity (Wildman–Crippen MR) is 97.1 cm³/mol. The summed E-state index contributed by atoms with van der Waals surface area (Å²) in [7, 11) is 0. The zero-order valence-corrected chi connectivity index (χ0v) is 13.6. The van der Waals surface area contributed by atoms with Gasteiger partial charge in [-0.25, -0.2) is 4.98 Å². The van der Waals surface area contributed by atoms with E-state index in [1.165, 1.54) is 0 Å². The van der Waals surface area contributed by atoms with Crippen molar-refractivity contribution in [2.75, 3.05) is 11.9 Å². The van der Waals surface area contributed by atoms with Crippen molar-refractivity contribution in [2.24, 2.45) is 0 Å². The van der Waals surface area contributed by atoms with Crippen LogP contribution in [-0.4, -0.2) is 26.1 Å². The molecule has 24 heavy (non-hydrogen) atoms. The first-order valence-electron chi connectivity index (χ1n) is 8.31. The Bertz CT molecular complexity index is 975. The van der Waals surface area contributed by atoms with E-state index in [1.54, 1.807) is 0 Å². The van der Waals surface area contributed by atoms with Crippen LogP contribution in [-0.2, 0) is 0 Å². The largest absolute Gasteiger partial charge is 0.354 e. The highest BCUT2D eigenvalue weighted by molar-refractivity contribution is 5.86. The van der Waals surface area contributed by atoms with Crippen LogP contribution in [0.2, 0.25) is 0 Å². The Morgan fingerprint density at radius 2 is 1.75 bits per heavy atom. The van der Waals surface area contributed by atoms with Crippen molar-refractivity contribution in [3.8, 4) is 11.3 Å². The molecule has 0 unspecified atom stereocenters. The second-order valence-corrected chi connectivity index (χ2v) is 5.78. The Labute approximate surface area is 140 Å². The summed E-state index contributed by atoms with van der Waals surface area (Å²) in [6, 6.07) is 18.2. The Morgan fingerprint density at radius 1 is 0.958 bits per heavy atom. The molecule has 5 heteroatoms. The summed E-state index contributed by atoms with van der Waals surface area (Å²) < 4.78 is 2.07. The second-order valence-electron chi connectivity index (χ2n) is 5.78. The lowest BCUT2D eigenvalue weighted by Crippen LogP contribution is -2.06. The number of aromatic nitrogens is 4. The number of fused-ring (bicyclic) bond motifs is 3. The Balaban J connectivity index is 1.96. The molecule has 5 nitrogen and oxygen atoms in total. The average molecular weight is 317 g/mol. The molecule has 0 aliphatic carbocycles. The summed E-state index contributed by atoms with van der Waals surface area (Å²) in [6.07, 6.45) is 2.24. The van der Waals surface area contributed by atoms with Gasteiger partial charge in [-0.2, -0.15) is 0 Å². The molecule has 0 atom stereocenters. The highest BCUT2D eigenvalue weighted by atomic mass is 15.3. The molecule has 0 aliphatic rings. The number of rotatable bonds is 5. The first kappa shape index (κ1) is 14.6. The van der Waals surface area contributed by atoms with E-state index in [2.05, 4.69) is 45.0 Å². The maximum absolute atomic E-state index is 4.83. The van der Waals surface area contributed by atoms with Gasteiger partial charge in [0.2, 0.25) is 5.95 Å². The molecular formula is C19H19N5. The average Bonchev–Trinajstić information content (AvgIpc) is 3.06. The van der Waals surface area contributed by atoms with Crippen molar-refractivity contribution < 1.29 is 0 Å². The number of hydrogen-bond acceptors (Lipinski definition) is 4. The number of nitrogens with one attached hydrogen (secondary N) is 1. The molecule has 0 fully saturated rings. The van der Waals surface area contributed by atoms with E-state index >= 15 is 0 Å². The van der Waals surface area contributed by atoms with Gasteiger partial charge in [-0.3, -0.25) is 4.40 Å². The van der Waals surface area contributed by atoms with E-state index in [0.717, 1.165) is 53.3 Å². The summed E-state index contributed by atoms with van der Waals surface area (Å²) in [6.45, 7) is 3.06. The van der Waals surface area contributed by atoms with E-state index < -0.39 is 0 Å². The minimum absolute atomic E-state index is 0.772. The van der Waals surface area contributed by atoms with Gasteiger partial charge in [0, 0.05) is 12.1 Å². The fraction of sp³-hybridized carbons (Fsp3) is 0.211. The first-order valence-corrected chi connectivity index (χ1v) is 8.31. The number of nitrogens with zero attached hydrogens (tertiary/aromatic N) is 4. The quantitative estimate of drug-likeness (QED) is 0.562. The molecule has 0 bridgehead atoms. The Kier molecular flexibility index (Phi) is 3.83. The SMILES string of the molecule is CCCCNc1nnc2c(-c3ccccc3)nc3ccccc3n12. The van der Waals surface area contributed by atoms with Crippen LogP contribution in [0.1, 0.15) is 19.8 Å². The zero-order valence-electron chi connectivity index (χ0n) is 13.6. The lowest BCUT2D eigenvalue weighted by atomic mass is 10.1. The van der Waals surface area contributed by atoms with Crippen molar-refractivity contribution in [3.05, 3.63) is 54.6 Å². The van der Waals surface area contributed by atoms with E-state index in [0.29, 0.717) is 0 Å². The normalized spacial score (nSPS) is 11.2. The number of anilines is 1. The molecule has 4 rings (SSSR count). The maximum Gasteiger partial charge on any atom is 0.229 e. The molecule has 120 valence electrons. The van der Waals surface area contributed by atoms with Gasteiger partial charge in [-0.05, 0) is 18.6 Å². The number of unbranched alkanes of at least 4 members (excludes halogenated alkanes) is 1. The van der Waals surface area contributed by atoms with Crippen LogP contribution >= 0.6 is 0 Å². The molecule has 1 N–H and O–H groups in total. The van der Waals surface area contributed by atoms with Crippen LogP contribution in [0.25, 0.3) is 27.9 Å². The third-order valence-electron chi connectivity index (χ3n) is 4.09. The third-order valence-corrected chi connectivity index (χ3v) is 4.09. The van der Waals surface area contributed by atoms with Crippen molar-refractivity contribution in [1.29, 1.82) is 0 Å². The van der Waals surface area contributed by atoms with Gasteiger partial charge in [0.05, 0.1) is 11.0 Å². The molecule has 2 aromatic heterocycles. The van der Waals surface area contributed by atoms with Crippen molar-refractivity contribution >= 4 is 22.6 Å². The van der Waals surface area contributed by atoms with E-state index in [4.69, 9.17) is 4.98 Å². The summed E-state index contributed by atoms with van der Waals surface area (Å²) in [5.74, 6) is 0.772. The van der Waals surface area contributed by atoms with Crippen LogP contribution in [0.15, 0.2) is 54.6 Å². The fourth-order valence-electron chi connectivity index (χ4n) is 2.87. The number of para-hydroxylation sites is 2. The molecule has 0 radical (unpaired) electrons. The molecule has 2 heterocycles. The topological polar surface area (TPSA) is 55.1 Å². The Morgan fingerprint density at radius 3 is 2.58 bits per heavy atom. The van der Waals surface area contributed by atoms with E-state index in [9.17, 15) is 0 Å². The van der Waals surface area contributed by atoms with Crippen molar-refractivity contribution in [1.82, 2.24) is 19.6 Å². The van der Waals surface area contributed by atoms with Crippen molar-refractivity contribution in [2.45, 2.75) is 19.8 Å². The van der Waals surface area contributed by atoms with Gasteiger partial charge in [0.15, 0.2) is 5.65 Å². The minimum Gasteiger partial charge on any atom is -0.354 e. The predicted octanol–water partition coefficient (Wildman–Crippen LogP) is 4.16. The van der Waals surface area contributed by atoms with E-state index in [1.807, 2.05) is 36.4 Å². The molecule has 0 saturated heterocycles. The number of benzene rings is 2. The zero-order chi connectivity index (χ0) is 16.4. The van der Waals surface area contributed by atoms with Gasteiger partial charge in [0.1, 0.15) is 5.69 Å². The lowest BCUT2D eigenvalue weighted by molar-refractivity contribution is 0.825. The summed E-state index contributed by atoms with van der Waals surface area (Å²) in [4.78, 5) is 4.83. The van der Waals surface area contributed by atoms with Gasteiger partial charge < -0.3 is 5.32 Å². The standard InChI is InChI=1S/C19H19N5/c1-2-3-13-20-19-23-22-18-17(14-9-5-4-6-10-14)21-15-11-7-8-12-16(15)24(18)19/h4-12H,2-3,13H2,1H3,(H,20,23). The molecule has 0 spiro atoms. The van der Waals surface area contributed by atoms with Crippen LogP contribution in [0.5, 0.6) is 0 Å². The van der Waals surface area contributed by atoms with Gasteiger partial charge >= 0.3 is 0 Å². The third kappa shape index (κ3) is 2.48. The fourth-order valence-corrected chi connectivity index (χ4v) is 2.87. The molecule has 2 aromatic carbocycles.